The van der Waals surface area contributed by atoms with Crippen LogP contribution < -0.4 is 62.2 Å². The quantitative estimate of drug-likeness (QED) is 0.221. The molecule has 6 nitrogen and oxygen atoms in total. The van der Waals surface area contributed by atoms with Crippen LogP contribution in [0.15, 0.2) is 109 Å². The van der Waals surface area contributed by atoms with Gasteiger partial charge in [-0.1, -0.05) is 78.1 Å². The van der Waals surface area contributed by atoms with Gasteiger partial charge in [-0.05, 0) is 48.6 Å². The molecule has 0 unspecified atom stereocenters. The number of thiazole rings is 1. The molecule has 3 heterocycles. The number of fused-ring (bicyclic) bond motifs is 6. The molecule has 0 fully saturated rings. The molecule has 4 aromatic carbocycles. The molecule has 2 aromatic heterocycles. The fourth-order valence-electron chi connectivity index (χ4n) is 4.26. The molecule has 41 heavy (non-hydrogen) atoms. The number of nitrogens with one attached hydrogen (secondary N) is 2. The van der Waals surface area contributed by atoms with E-state index in [2.05, 4.69) is 45.9 Å². The van der Waals surface area contributed by atoms with Gasteiger partial charge in [0, 0.05) is 17.5 Å². The number of pyridine rings is 1. The van der Waals surface area contributed by atoms with Crippen molar-refractivity contribution in [3.8, 4) is 27.8 Å². The van der Waals surface area contributed by atoms with Gasteiger partial charge in [-0.3, -0.25) is 0 Å². The molecule has 194 valence electrons. The fourth-order valence-corrected chi connectivity index (χ4v) is 5.44. The van der Waals surface area contributed by atoms with E-state index >= 15 is 0 Å². The zero-order valence-electron chi connectivity index (χ0n) is 23.3. The van der Waals surface area contributed by atoms with Crippen molar-refractivity contribution in [2.75, 3.05) is 0 Å². The SMILES string of the molecule is C/C=C\c1cccc([O-])c1[NH-].[Li+].[Li+].[O-]c1cccc2ccc[nH+]c12.c1ccc2c(c1)OC[n+]1c-2sc2ccccc21. The third-order valence-electron chi connectivity index (χ3n) is 6.14. The van der Waals surface area contributed by atoms with Crippen LogP contribution in [0.4, 0.5) is 5.69 Å². The number of nitrogens with zero attached hydrogens (tertiary/aromatic N) is 1. The van der Waals surface area contributed by atoms with Crippen molar-refractivity contribution in [3.63, 3.8) is 0 Å². The Labute approximate surface area is 267 Å². The second-order valence-electron chi connectivity index (χ2n) is 8.68. The first-order valence-electron chi connectivity index (χ1n) is 12.4. The Morgan fingerprint density at radius 3 is 2.37 bits per heavy atom. The van der Waals surface area contributed by atoms with E-state index in [1.165, 1.54) is 26.9 Å². The van der Waals surface area contributed by atoms with Crippen LogP contribution in [0.3, 0.4) is 0 Å². The minimum Gasteiger partial charge on any atom is -0.873 e. The van der Waals surface area contributed by atoms with Crippen LogP contribution >= 0.6 is 11.3 Å². The number of ether oxygens (including phenoxy) is 1. The molecule has 9 heteroatoms. The van der Waals surface area contributed by atoms with Crippen molar-refractivity contribution >= 4 is 44.2 Å². The summed E-state index contributed by atoms with van der Waals surface area (Å²) in [6.07, 6.45) is 5.32. The third-order valence-corrected chi connectivity index (χ3v) is 7.34. The van der Waals surface area contributed by atoms with Crippen molar-refractivity contribution < 1.29 is 62.2 Å². The smallest absolute Gasteiger partial charge is 0.873 e. The Kier molecular flexibility index (Phi) is 11.5. The summed E-state index contributed by atoms with van der Waals surface area (Å²) in [6, 6.07) is 30.5. The van der Waals surface area contributed by atoms with Crippen molar-refractivity contribution in [2.24, 2.45) is 0 Å². The number of allylic oxidation sites excluding steroid dienone is 1. The van der Waals surface area contributed by atoms with Crippen LogP contribution in [0, 0.1) is 0 Å². The van der Waals surface area contributed by atoms with Crippen LogP contribution in [-0.2, 0) is 6.73 Å². The number of hydrogen-bond donors (Lipinski definition) is 0. The van der Waals surface area contributed by atoms with Crippen molar-refractivity contribution in [1.29, 1.82) is 0 Å². The van der Waals surface area contributed by atoms with Gasteiger partial charge in [-0.2, -0.15) is 0 Å². The molecular formula is C32H26Li2N3O3S+. The van der Waals surface area contributed by atoms with Crippen LogP contribution in [0.1, 0.15) is 12.5 Å². The van der Waals surface area contributed by atoms with Gasteiger partial charge in [0.1, 0.15) is 10.4 Å². The number of benzene rings is 4. The van der Waals surface area contributed by atoms with E-state index < -0.39 is 0 Å². The van der Waals surface area contributed by atoms with Crippen LogP contribution in [0.25, 0.3) is 43.5 Å². The first-order chi connectivity index (χ1) is 19.1. The zero-order chi connectivity index (χ0) is 27.2. The van der Waals surface area contributed by atoms with E-state index in [4.69, 9.17) is 10.5 Å². The Hall–Kier alpha value is -3.69. The summed E-state index contributed by atoms with van der Waals surface area (Å²) in [5, 5.41) is 24.3. The molecular weight excluding hydrogens is 520 g/mol. The summed E-state index contributed by atoms with van der Waals surface area (Å²) < 4.78 is 9.33. The average molecular weight is 547 g/mol. The Bertz CT molecular complexity index is 1780. The summed E-state index contributed by atoms with van der Waals surface area (Å²) in [4.78, 5) is 2.91. The molecule has 1 aliphatic heterocycles. The standard InChI is InChI=1S/C14H10NOS.C9H7NO.C9H10NO.2Li/c1-3-7-12-10(5-1)14-15(9-16-12)11-6-2-4-8-13(11)17-14;11-8-5-1-3-7-4-2-6-10-9(7)8;1-2-4-7-5-3-6-8(11)9(7)10;;/h1-8H,9H2;1-6,11H;2-6,10-11H,1H3;;/q+1;;-1;2*+1/p-1/b;;4-2-;;. The second kappa shape index (κ2) is 14.8. The maximum atomic E-state index is 11.1. The molecule has 0 bridgehead atoms. The summed E-state index contributed by atoms with van der Waals surface area (Å²) >= 11 is 1.83. The van der Waals surface area contributed by atoms with Gasteiger partial charge in [0.15, 0.2) is 6.20 Å². The van der Waals surface area contributed by atoms with Gasteiger partial charge in [0.05, 0.1) is 5.56 Å². The molecule has 0 atom stereocenters. The maximum Gasteiger partial charge on any atom is 1.00 e. The largest absolute Gasteiger partial charge is 1.00 e. The van der Waals surface area contributed by atoms with Crippen molar-refractivity contribution in [3.05, 3.63) is 121 Å². The predicted molar refractivity (Wildman–Crippen MR) is 153 cm³/mol. The summed E-state index contributed by atoms with van der Waals surface area (Å²) in [6.45, 7) is 2.47. The molecule has 6 aromatic rings. The minimum atomic E-state index is -0.222. The van der Waals surface area contributed by atoms with Crippen molar-refractivity contribution in [1.82, 2.24) is 0 Å². The molecule has 7 rings (SSSR count). The van der Waals surface area contributed by atoms with E-state index in [1.54, 1.807) is 36.5 Å². The van der Waals surface area contributed by atoms with Gasteiger partial charge in [0.25, 0.3) is 11.7 Å². The molecule has 0 amide bonds. The molecule has 2 N–H and O–H groups in total. The molecule has 0 aliphatic carbocycles. The number of aromatic amines is 1. The van der Waals surface area contributed by atoms with Crippen LogP contribution in [0.2, 0.25) is 0 Å². The number of para-hydroxylation sites is 3. The van der Waals surface area contributed by atoms with Crippen LogP contribution in [0.5, 0.6) is 17.2 Å². The van der Waals surface area contributed by atoms with Crippen molar-refractivity contribution in [2.45, 2.75) is 13.7 Å². The van der Waals surface area contributed by atoms with Gasteiger partial charge < -0.3 is 20.7 Å². The maximum absolute atomic E-state index is 11.1. The number of rotatable bonds is 1. The third kappa shape index (κ3) is 7.15. The Morgan fingerprint density at radius 2 is 1.56 bits per heavy atom. The van der Waals surface area contributed by atoms with Gasteiger partial charge in [-0.15, -0.1) is 16.0 Å². The summed E-state index contributed by atoms with van der Waals surface area (Å²) in [5.74, 6) is 0.808. The Morgan fingerprint density at radius 1 is 0.854 bits per heavy atom. The van der Waals surface area contributed by atoms with E-state index in [-0.39, 0.29) is 54.9 Å². The first kappa shape index (κ1) is 31.8. The first-order valence-corrected chi connectivity index (χ1v) is 13.2. The molecule has 1 aliphatic rings. The monoisotopic (exact) mass is 546 g/mol. The fraction of sp³-hybridized carbons (Fsp3) is 0.0625. The predicted octanol–water partition coefficient (Wildman–Crippen LogP) is 0.418. The molecule has 0 spiro atoms. The van der Waals surface area contributed by atoms with Gasteiger partial charge in [0.2, 0.25) is 11.0 Å². The van der Waals surface area contributed by atoms with Gasteiger partial charge in [-0.25, -0.2) is 4.98 Å². The summed E-state index contributed by atoms with van der Waals surface area (Å²) in [5.41, 5.74) is 11.2. The van der Waals surface area contributed by atoms with Gasteiger partial charge >= 0.3 is 37.7 Å². The molecule has 0 saturated heterocycles. The van der Waals surface area contributed by atoms with E-state index in [9.17, 15) is 10.2 Å². The number of H-pyrrole nitrogens is 1. The van der Waals surface area contributed by atoms with E-state index in [1.807, 2.05) is 54.7 Å². The normalized spacial score (nSPS) is 11.0. The zero-order valence-corrected chi connectivity index (χ0v) is 24.1. The number of hydrogen-bond acceptors (Lipinski definition) is 4. The van der Waals surface area contributed by atoms with Crippen LogP contribution in [-0.4, -0.2) is 0 Å². The summed E-state index contributed by atoms with van der Waals surface area (Å²) in [7, 11) is 0. The van der Waals surface area contributed by atoms with E-state index in [0.717, 1.165) is 11.1 Å². The average Bonchev–Trinajstić information content (AvgIpc) is 3.36. The molecule has 0 radical (unpaired) electrons. The molecule has 0 saturated carbocycles. The second-order valence-corrected chi connectivity index (χ2v) is 9.71. The number of aromatic nitrogens is 2. The topological polar surface area (TPSA) is 97.2 Å². The minimum absolute atomic E-state index is 0. The Balaban J connectivity index is 0.000000172. The van der Waals surface area contributed by atoms with E-state index in [0.29, 0.717) is 17.8 Å².